The first-order chi connectivity index (χ1) is 11.9. The van der Waals surface area contributed by atoms with Crippen LogP contribution in [0, 0.1) is 6.20 Å². The Morgan fingerprint density at radius 2 is 1.08 bits per heavy atom. The largest absolute Gasteiger partial charge is 2.00 e. The van der Waals surface area contributed by atoms with E-state index in [0.717, 1.165) is 0 Å². The topological polar surface area (TPSA) is 17.8 Å². The molecule has 0 bridgehead atoms. The van der Waals surface area contributed by atoms with Crippen molar-refractivity contribution in [1.82, 2.24) is 9.55 Å². The van der Waals surface area contributed by atoms with Gasteiger partial charge in [0, 0.05) is 0 Å². The first-order valence-corrected chi connectivity index (χ1v) is 7.99. The summed E-state index contributed by atoms with van der Waals surface area (Å²) in [6.45, 7) is 0. The average molecular weight is 335 g/mol. The van der Waals surface area contributed by atoms with Crippen LogP contribution in [0.5, 0.6) is 0 Å². The van der Waals surface area contributed by atoms with E-state index >= 15 is 0 Å². The second-order valence-corrected chi connectivity index (χ2v) is 5.72. The van der Waals surface area contributed by atoms with Gasteiger partial charge in [0.25, 0.3) is 0 Å². The van der Waals surface area contributed by atoms with Crippen LogP contribution in [0.1, 0.15) is 18.1 Å². The standard InChI is InChI=1S/C22H17N2.Mg.H/c1-4-10-19(11-5-1)22(24-17-16-23-18-24,20-12-6-2-7-13-20)21-14-8-3-9-15-21;;/h1-15,17-18H;;/q-1;+2;-1. The van der Waals surface area contributed by atoms with Gasteiger partial charge in [0.1, 0.15) is 5.54 Å². The van der Waals surface area contributed by atoms with Crippen molar-refractivity contribution in [3.05, 3.63) is 126 Å². The third-order valence-electron chi connectivity index (χ3n) is 4.42. The molecule has 118 valence electrons. The number of nitrogens with zero attached hydrogens (tertiary/aromatic N) is 2. The molecule has 25 heavy (non-hydrogen) atoms. The Balaban J connectivity index is 0.00000121. The third kappa shape index (κ3) is 3.01. The summed E-state index contributed by atoms with van der Waals surface area (Å²) in [7, 11) is 0. The zero-order chi connectivity index (χ0) is 16.2. The van der Waals surface area contributed by atoms with Gasteiger partial charge in [-0.05, 0) is 16.7 Å². The molecule has 0 spiro atoms. The maximum Gasteiger partial charge on any atom is 2.00 e. The third-order valence-corrected chi connectivity index (χ3v) is 4.42. The molecular weight excluding hydrogens is 317 g/mol. The van der Waals surface area contributed by atoms with Crippen LogP contribution in [0.25, 0.3) is 0 Å². The van der Waals surface area contributed by atoms with Gasteiger partial charge in [-0.15, -0.1) is 6.20 Å². The van der Waals surface area contributed by atoms with E-state index in [9.17, 15) is 0 Å². The summed E-state index contributed by atoms with van der Waals surface area (Å²) in [6.07, 6.45) is 6.71. The van der Waals surface area contributed by atoms with Gasteiger partial charge in [0.05, 0.1) is 0 Å². The van der Waals surface area contributed by atoms with Gasteiger partial charge in [-0.1, -0.05) is 104 Å². The molecular formula is C22H18MgN2. The fourth-order valence-corrected chi connectivity index (χ4v) is 3.39. The number of aromatic nitrogens is 2. The summed E-state index contributed by atoms with van der Waals surface area (Å²) in [5.74, 6) is 0. The van der Waals surface area contributed by atoms with Crippen LogP contribution in [-0.2, 0) is 5.54 Å². The van der Waals surface area contributed by atoms with Crippen molar-refractivity contribution in [2.24, 2.45) is 0 Å². The van der Waals surface area contributed by atoms with E-state index < -0.39 is 5.54 Å². The SMILES string of the molecule is [H-].[Mg+2].[c-]1cn(C(c2ccccc2)(c2ccccc2)c2ccccc2)cn1. The molecule has 0 aliphatic heterocycles. The van der Waals surface area contributed by atoms with Gasteiger partial charge in [0.15, 0.2) is 0 Å². The maximum atomic E-state index is 4.20. The summed E-state index contributed by atoms with van der Waals surface area (Å²) in [6, 6.07) is 31.6. The normalized spacial score (nSPS) is 10.9. The number of hydrogen-bond donors (Lipinski definition) is 0. The first kappa shape index (κ1) is 17.5. The number of hydrogen-bond acceptors (Lipinski definition) is 1. The van der Waals surface area contributed by atoms with Crippen molar-refractivity contribution in [2.45, 2.75) is 5.54 Å². The maximum absolute atomic E-state index is 4.20. The molecule has 0 fully saturated rings. The zero-order valence-electron chi connectivity index (χ0n) is 14.9. The van der Waals surface area contributed by atoms with E-state index in [1.807, 2.05) is 30.7 Å². The van der Waals surface area contributed by atoms with Crippen molar-refractivity contribution in [1.29, 1.82) is 0 Å². The van der Waals surface area contributed by atoms with Crippen molar-refractivity contribution >= 4 is 23.1 Å². The monoisotopic (exact) mass is 334 g/mol. The first-order valence-electron chi connectivity index (χ1n) is 7.99. The molecule has 0 saturated carbocycles. The van der Waals surface area contributed by atoms with E-state index in [-0.39, 0.29) is 24.5 Å². The minimum absolute atomic E-state index is 0. The molecule has 0 aliphatic rings. The summed E-state index contributed by atoms with van der Waals surface area (Å²) < 4.78 is 2.13. The Bertz CT molecular complexity index is 798. The number of benzene rings is 3. The molecule has 3 heteroatoms. The molecule has 4 rings (SSSR count). The molecule has 3 aromatic carbocycles. The quantitative estimate of drug-likeness (QED) is 0.310. The van der Waals surface area contributed by atoms with Crippen LogP contribution in [0.15, 0.2) is 104 Å². The van der Waals surface area contributed by atoms with Crippen molar-refractivity contribution in [3.8, 4) is 0 Å². The Morgan fingerprint density at radius 3 is 1.40 bits per heavy atom. The van der Waals surface area contributed by atoms with Crippen LogP contribution in [-0.4, -0.2) is 32.6 Å². The molecule has 0 aliphatic carbocycles. The predicted octanol–water partition coefficient (Wildman–Crippen LogP) is 4.26. The Labute approximate surface area is 165 Å². The summed E-state index contributed by atoms with van der Waals surface area (Å²) in [5, 5.41) is 0. The van der Waals surface area contributed by atoms with Crippen LogP contribution in [0.3, 0.4) is 0 Å². The Kier molecular flexibility index (Phi) is 5.36. The molecule has 0 atom stereocenters. The molecule has 0 amide bonds. The molecule has 0 N–H and O–H groups in total. The molecule has 0 saturated heterocycles. The van der Waals surface area contributed by atoms with Crippen molar-refractivity contribution in [3.63, 3.8) is 0 Å². The van der Waals surface area contributed by atoms with E-state index in [0.29, 0.717) is 0 Å². The van der Waals surface area contributed by atoms with Gasteiger partial charge < -0.3 is 11.0 Å². The summed E-state index contributed by atoms with van der Waals surface area (Å²) in [4.78, 5) is 4.20. The Hall–Kier alpha value is -2.36. The van der Waals surface area contributed by atoms with Crippen LogP contribution < -0.4 is 0 Å². The van der Waals surface area contributed by atoms with Crippen LogP contribution in [0.2, 0.25) is 0 Å². The molecule has 2 nitrogen and oxygen atoms in total. The summed E-state index contributed by atoms with van der Waals surface area (Å²) >= 11 is 0. The zero-order valence-corrected chi connectivity index (χ0v) is 15.3. The average Bonchev–Trinajstić information content (AvgIpc) is 3.20. The van der Waals surface area contributed by atoms with Crippen LogP contribution >= 0.6 is 0 Å². The summed E-state index contributed by atoms with van der Waals surface area (Å²) in [5.41, 5.74) is 3.09. The van der Waals surface area contributed by atoms with Crippen LogP contribution in [0.4, 0.5) is 0 Å². The Morgan fingerprint density at radius 1 is 0.680 bits per heavy atom. The fourth-order valence-electron chi connectivity index (χ4n) is 3.39. The van der Waals surface area contributed by atoms with E-state index in [4.69, 9.17) is 0 Å². The van der Waals surface area contributed by atoms with E-state index in [1.54, 1.807) is 0 Å². The van der Waals surface area contributed by atoms with E-state index in [2.05, 4.69) is 88.5 Å². The minimum Gasteiger partial charge on any atom is -1.00 e. The predicted molar refractivity (Wildman–Crippen MR) is 103 cm³/mol. The van der Waals surface area contributed by atoms with Gasteiger partial charge >= 0.3 is 23.1 Å². The van der Waals surface area contributed by atoms with Gasteiger partial charge in [-0.25, -0.2) is 0 Å². The van der Waals surface area contributed by atoms with Gasteiger partial charge in [-0.3, -0.25) is 0 Å². The van der Waals surface area contributed by atoms with Crippen molar-refractivity contribution in [2.75, 3.05) is 0 Å². The fraction of sp³-hybridized carbons (Fsp3) is 0.0455. The van der Waals surface area contributed by atoms with Gasteiger partial charge in [-0.2, -0.15) is 0 Å². The molecule has 1 aromatic heterocycles. The second-order valence-electron chi connectivity index (χ2n) is 5.72. The molecule has 0 unspecified atom stereocenters. The molecule has 0 radical (unpaired) electrons. The second kappa shape index (κ2) is 7.68. The molecule has 1 heterocycles. The van der Waals surface area contributed by atoms with Crippen molar-refractivity contribution < 1.29 is 1.43 Å². The molecule has 4 aromatic rings. The van der Waals surface area contributed by atoms with Gasteiger partial charge in [0.2, 0.25) is 0 Å². The smallest absolute Gasteiger partial charge is 1.00 e. The number of rotatable bonds is 4. The van der Waals surface area contributed by atoms with E-state index in [1.165, 1.54) is 16.7 Å². The minimum atomic E-state index is -0.475. The number of imidazole rings is 1.